The first-order valence-corrected chi connectivity index (χ1v) is 8.27. The van der Waals surface area contributed by atoms with Gasteiger partial charge in [-0.1, -0.05) is 49.0 Å². The van der Waals surface area contributed by atoms with Crippen molar-refractivity contribution in [1.82, 2.24) is 10.2 Å². The highest BCUT2D eigenvalue weighted by Gasteiger charge is 2.54. The van der Waals surface area contributed by atoms with Crippen molar-refractivity contribution in [3.05, 3.63) is 33.8 Å². The van der Waals surface area contributed by atoms with Gasteiger partial charge in [-0.2, -0.15) is 0 Å². The Morgan fingerprint density at radius 3 is 2.77 bits per heavy atom. The van der Waals surface area contributed by atoms with E-state index in [-0.39, 0.29) is 24.4 Å². The van der Waals surface area contributed by atoms with Crippen LogP contribution in [0, 0.1) is 5.92 Å². The summed E-state index contributed by atoms with van der Waals surface area (Å²) in [5, 5.41) is 3.93. The predicted octanol–water partition coefficient (Wildman–Crippen LogP) is 3.99. The van der Waals surface area contributed by atoms with Crippen LogP contribution in [-0.4, -0.2) is 22.4 Å². The molecule has 0 aromatic heterocycles. The van der Waals surface area contributed by atoms with Gasteiger partial charge in [-0.15, -0.1) is 0 Å². The molecule has 2 aliphatic rings. The quantitative estimate of drug-likeness (QED) is 0.827. The topological polar surface area (TPSA) is 49.4 Å². The minimum atomic E-state index is -0.728. The molecule has 22 heavy (non-hydrogen) atoms. The van der Waals surface area contributed by atoms with Crippen LogP contribution < -0.4 is 5.32 Å². The molecule has 2 fully saturated rings. The molecule has 1 N–H and O–H groups in total. The monoisotopic (exact) mass is 340 g/mol. The zero-order valence-electron chi connectivity index (χ0n) is 12.4. The van der Waals surface area contributed by atoms with Crippen LogP contribution in [0.1, 0.15) is 38.2 Å². The number of benzene rings is 1. The summed E-state index contributed by atoms with van der Waals surface area (Å²) in [7, 11) is 0. The SMILES string of the molecule is C[C@@H]1CCCC[C@]12NC(=O)N(Cc1ccc(Cl)cc1Cl)C2=O. The molecule has 1 aromatic rings. The van der Waals surface area contributed by atoms with Crippen LogP contribution >= 0.6 is 23.2 Å². The number of nitrogens with zero attached hydrogens (tertiary/aromatic N) is 1. The van der Waals surface area contributed by atoms with Crippen molar-refractivity contribution in [3.8, 4) is 0 Å². The fourth-order valence-corrected chi connectivity index (χ4v) is 3.93. The molecule has 4 nitrogen and oxygen atoms in total. The number of halogens is 2. The normalized spacial score (nSPS) is 28.3. The van der Waals surface area contributed by atoms with Gasteiger partial charge in [0.05, 0.1) is 6.54 Å². The third-order valence-corrected chi connectivity index (χ3v) is 5.43. The van der Waals surface area contributed by atoms with Crippen molar-refractivity contribution in [2.24, 2.45) is 5.92 Å². The molecule has 0 unspecified atom stereocenters. The van der Waals surface area contributed by atoms with Gasteiger partial charge in [0.25, 0.3) is 5.91 Å². The lowest BCUT2D eigenvalue weighted by Crippen LogP contribution is -2.53. The van der Waals surface area contributed by atoms with Gasteiger partial charge < -0.3 is 5.32 Å². The molecule has 1 aliphatic carbocycles. The number of urea groups is 1. The van der Waals surface area contributed by atoms with Crippen LogP contribution in [0.15, 0.2) is 18.2 Å². The van der Waals surface area contributed by atoms with Crippen molar-refractivity contribution < 1.29 is 9.59 Å². The minimum absolute atomic E-state index is 0.129. The van der Waals surface area contributed by atoms with Gasteiger partial charge in [0.1, 0.15) is 5.54 Å². The van der Waals surface area contributed by atoms with E-state index in [4.69, 9.17) is 23.2 Å². The summed E-state index contributed by atoms with van der Waals surface area (Å²) in [6.45, 7) is 2.21. The van der Waals surface area contributed by atoms with Gasteiger partial charge in [-0.05, 0) is 36.5 Å². The fourth-order valence-electron chi connectivity index (χ4n) is 3.46. The molecule has 0 radical (unpaired) electrons. The third-order valence-electron chi connectivity index (χ3n) is 4.85. The van der Waals surface area contributed by atoms with Crippen LogP contribution in [0.4, 0.5) is 4.79 Å². The summed E-state index contributed by atoms with van der Waals surface area (Å²) in [5.74, 6) is 0.0270. The largest absolute Gasteiger partial charge is 0.325 e. The zero-order chi connectivity index (χ0) is 15.9. The highest BCUT2D eigenvalue weighted by atomic mass is 35.5. The molecule has 0 bridgehead atoms. The van der Waals surface area contributed by atoms with E-state index in [2.05, 4.69) is 5.32 Å². The Labute approximate surface area is 139 Å². The molecule has 1 aromatic carbocycles. The molecular formula is C16H18Cl2N2O2. The first kappa shape index (κ1) is 15.6. The number of hydrogen-bond donors (Lipinski definition) is 1. The van der Waals surface area contributed by atoms with Crippen LogP contribution in [0.25, 0.3) is 0 Å². The van der Waals surface area contributed by atoms with Crippen molar-refractivity contribution in [3.63, 3.8) is 0 Å². The smallest absolute Gasteiger partial charge is 0.323 e. The molecule has 3 amide bonds. The average molecular weight is 341 g/mol. The van der Waals surface area contributed by atoms with Crippen LogP contribution in [0.2, 0.25) is 10.0 Å². The second-order valence-corrected chi connectivity index (χ2v) is 7.02. The lowest BCUT2D eigenvalue weighted by atomic mass is 9.73. The summed E-state index contributed by atoms with van der Waals surface area (Å²) in [6, 6.07) is 4.75. The van der Waals surface area contributed by atoms with Crippen LogP contribution in [-0.2, 0) is 11.3 Å². The zero-order valence-corrected chi connectivity index (χ0v) is 13.9. The van der Waals surface area contributed by atoms with Gasteiger partial charge in [0, 0.05) is 10.0 Å². The fraction of sp³-hybridized carbons (Fsp3) is 0.500. The minimum Gasteiger partial charge on any atom is -0.323 e. The number of carbonyl (C=O) groups is 2. The van der Waals surface area contributed by atoms with E-state index in [9.17, 15) is 9.59 Å². The Balaban J connectivity index is 1.86. The molecule has 1 spiro atoms. The summed E-state index contributed by atoms with van der Waals surface area (Å²) in [5.41, 5.74) is -0.0103. The summed E-state index contributed by atoms with van der Waals surface area (Å²) in [4.78, 5) is 26.4. The number of hydrogen-bond acceptors (Lipinski definition) is 2. The van der Waals surface area contributed by atoms with Crippen molar-refractivity contribution in [2.75, 3.05) is 0 Å². The Morgan fingerprint density at radius 2 is 2.09 bits per heavy atom. The summed E-state index contributed by atoms with van der Waals surface area (Å²) < 4.78 is 0. The highest BCUT2D eigenvalue weighted by molar-refractivity contribution is 6.35. The van der Waals surface area contributed by atoms with E-state index in [0.717, 1.165) is 24.8 Å². The average Bonchev–Trinajstić information content (AvgIpc) is 2.70. The number of amides is 3. The van der Waals surface area contributed by atoms with E-state index in [1.165, 1.54) is 4.90 Å². The lowest BCUT2D eigenvalue weighted by Gasteiger charge is -2.36. The van der Waals surface area contributed by atoms with Gasteiger partial charge in [-0.3, -0.25) is 9.69 Å². The Morgan fingerprint density at radius 1 is 1.32 bits per heavy atom. The van der Waals surface area contributed by atoms with Crippen molar-refractivity contribution in [1.29, 1.82) is 0 Å². The number of rotatable bonds is 2. The maximum Gasteiger partial charge on any atom is 0.325 e. The first-order chi connectivity index (χ1) is 10.4. The van der Waals surface area contributed by atoms with Gasteiger partial charge in [0.2, 0.25) is 0 Å². The molecule has 2 atom stereocenters. The lowest BCUT2D eigenvalue weighted by molar-refractivity contribution is -0.134. The highest BCUT2D eigenvalue weighted by Crippen LogP contribution is 2.38. The van der Waals surface area contributed by atoms with Crippen LogP contribution in [0.5, 0.6) is 0 Å². The summed E-state index contributed by atoms with van der Waals surface area (Å²) >= 11 is 12.0. The van der Waals surface area contributed by atoms with Crippen molar-refractivity contribution >= 4 is 35.1 Å². The molecule has 118 valence electrons. The summed E-state index contributed by atoms with van der Waals surface area (Å²) in [6.07, 6.45) is 3.74. The second-order valence-electron chi connectivity index (χ2n) is 6.18. The molecule has 1 heterocycles. The second kappa shape index (κ2) is 5.74. The van der Waals surface area contributed by atoms with Gasteiger partial charge >= 0.3 is 6.03 Å². The molecule has 1 saturated heterocycles. The number of carbonyl (C=O) groups excluding carboxylic acids is 2. The van der Waals surface area contributed by atoms with E-state index < -0.39 is 5.54 Å². The van der Waals surface area contributed by atoms with Gasteiger partial charge in [-0.25, -0.2) is 4.79 Å². The maximum atomic E-state index is 12.9. The number of imide groups is 1. The molecule has 1 saturated carbocycles. The van der Waals surface area contributed by atoms with Crippen molar-refractivity contribution in [2.45, 2.75) is 44.7 Å². The third kappa shape index (κ3) is 2.48. The van der Waals surface area contributed by atoms with E-state index >= 15 is 0 Å². The Hall–Kier alpha value is -1.26. The predicted molar refractivity (Wildman–Crippen MR) is 85.9 cm³/mol. The van der Waals surface area contributed by atoms with E-state index in [1.54, 1.807) is 18.2 Å². The Bertz CT molecular complexity index is 635. The van der Waals surface area contributed by atoms with E-state index in [1.807, 2.05) is 6.92 Å². The molecule has 3 rings (SSSR count). The Kier molecular flexibility index (Phi) is 4.08. The molecule has 1 aliphatic heterocycles. The molecule has 6 heteroatoms. The number of nitrogens with one attached hydrogen (secondary N) is 1. The maximum absolute atomic E-state index is 12.9. The van der Waals surface area contributed by atoms with Crippen LogP contribution in [0.3, 0.4) is 0 Å². The first-order valence-electron chi connectivity index (χ1n) is 7.52. The standard InChI is InChI=1S/C16H18Cl2N2O2/c1-10-4-2-3-7-16(10)14(21)20(15(22)19-16)9-11-5-6-12(17)8-13(11)18/h5-6,8,10H,2-4,7,9H2,1H3,(H,19,22)/t10-,16+/m1/s1. The molecular weight excluding hydrogens is 323 g/mol. The van der Waals surface area contributed by atoms with Gasteiger partial charge in [0.15, 0.2) is 0 Å². The van der Waals surface area contributed by atoms with E-state index in [0.29, 0.717) is 16.5 Å².